The second-order valence-electron chi connectivity index (χ2n) is 13.4. The number of hydrogen-bond donors (Lipinski definition) is 6. The van der Waals surface area contributed by atoms with Gasteiger partial charge in [0, 0.05) is 6.42 Å². The molecule has 0 aliphatic heterocycles. The zero-order chi connectivity index (χ0) is 27.1. The Kier molecular flexibility index (Phi) is 8.64. The van der Waals surface area contributed by atoms with E-state index < -0.39 is 24.2 Å². The van der Waals surface area contributed by atoms with Gasteiger partial charge in [-0.1, -0.05) is 20.8 Å². The Bertz CT molecular complexity index is 839. The number of carboxylic acid groups (broad SMARTS) is 1. The number of hydrogen-bond acceptors (Lipinski definition) is 6. The summed E-state index contributed by atoms with van der Waals surface area (Å²) in [6.07, 6.45) is 6.47. The molecule has 37 heavy (non-hydrogen) atoms. The van der Waals surface area contributed by atoms with E-state index in [1.165, 1.54) is 0 Å². The van der Waals surface area contributed by atoms with Crippen molar-refractivity contribution < 1.29 is 30.0 Å². The monoisotopic (exact) mass is 522 g/mol. The quantitative estimate of drug-likeness (QED) is 0.272. The summed E-state index contributed by atoms with van der Waals surface area (Å²) in [6.45, 7) is 7.28. The summed E-state index contributed by atoms with van der Waals surface area (Å²) in [4.78, 5) is 24.1. The molecule has 7 N–H and O–H groups in total. The van der Waals surface area contributed by atoms with E-state index >= 15 is 0 Å². The van der Waals surface area contributed by atoms with Crippen LogP contribution in [0.1, 0.15) is 91.4 Å². The fraction of sp³-hybridized carbons (Fsp3) is 0.931. The molecule has 8 heteroatoms. The van der Waals surface area contributed by atoms with Crippen LogP contribution < -0.4 is 11.1 Å². The predicted octanol–water partition coefficient (Wildman–Crippen LogP) is 2.67. The van der Waals surface area contributed by atoms with Gasteiger partial charge in [-0.15, -0.1) is 0 Å². The van der Waals surface area contributed by atoms with Crippen LogP contribution in [0.25, 0.3) is 0 Å². The molecule has 0 aromatic carbocycles. The van der Waals surface area contributed by atoms with Gasteiger partial charge >= 0.3 is 5.97 Å². The summed E-state index contributed by atoms with van der Waals surface area (Å²) in [7, 11) is 0. The van der Waals surface area contributed by atoms with E-state index in [4.69, 9.17) is 5.73 Å². The fourth-order valence-electron chi connectivity index (χ4n) is 9.62. The summed E-state index contributed by atoms with van der Waals surface area (Å²) >= 11 is 0. The summed E-state index contributed by atoms with van der Waals surface area (Å²) < 4.78 is 0. The Balaban J connectivity index is 1.42. The molecule has 0 radical (unpaired) electrons. The van der Waals surface area contributed by atoms with Crippen molar-refractivity contribution in [1.29, 1.82) is 0 Å². The highest BCUT2D eigenvalue weighted by molar-refractivity contribution is 5.83. The van der Waals surface area contributed by atoms with E-state index in [0.29, 0.717) is 62.3 Å². The molecule has 4 rings (SSSR count). The molecule has 4 aliphatic rings. The lowest BCUT2D eigenvalue weighted by Gasteiger charge is -2.63. The SMILES string of the molecule is C[C@H](CCC(=O)N[C@@H](CCCN)C(=O)O)[C@H]1CC[C@H]2[C@@H]3[C@@H](O)[C@H](O)[C@@H]4C[C@H](O)CC[C@]4(C)[C@H]3CC[C@]12C. The number of aliphatic carboxylic acids is 1. The van der Waals surface area contributed by atoms with Gasteiger partial charge < -0.3 is 31.5 Å². The second-order valence-corrected chi connectivity index (χ2v) is 13.4. The van der Waals surface area contributed by atoms with E-state index in [0.717, 1.165) is 38.5 Å². The zero-order valence-corrected chi connectivity index (χ0v) is 22.9. The third-order valence-electron chi connectivity index (χ3n) is 11.6. The van der Waals surface area contributed by atoms with E-state index in [1.54, 1.807) is 0 Å². The van der Waals surface area contributed by atoms with Crippen molar-refractivity contribution in [2.24, 2.45) is 52.1 Å². The van der Waals surface area contributed by atoms with Crippen LogP contribution in [0, 0.1) is 46.3 Å². The first-order valence-corrected chi connectivity index (χ1v) is 14.7. The third kappa shape index (κ3) is 5.20. The zero-order valence-electron chi connectivity index (χ0n) is 22.9. The Morgan fingerprint density at radius 2 is 1.62 bits per heavy atom. The number of aliphatic hydroxyl groups is 3. The number of rotatable bonds is 9. The second kappa shape index (κ2) is 11.1. The molecule has 0 saturated heterocycles. The molecular formula is C29H50N2O6. The van der Waals surface area contributed by atoms with E-state index in [-0.39, 0.29) is 34.7 Å². The highest BCUT2D eigenvalue weighted by Gasteiger charge is 2.65. The smallest absolute Gasteiger partial charge is 0.326 e. The van der Waals surface area contributed by atoms with Gasteiger partial charge in [-0.05, 0) is 117 Å². The standard InChI is InChI=1S/C29H50N2O6/c1-16(6-9-23(33)31-22(27(36)37)5-4-14-30)18-7-8-19-24-20(11-13-28(18,19)2)29(3)12-10-17(32)15-21(29)25(34)26(24)35/h16-22,24-26,32,34-35H,4-15,30H2,1-3H3,(H,31,33)(H,36,37)/t16-,17-,18-,19+,20+,21+,22+,24+,25-,26-,28-,29-/m1/s1. The molecule has 0 bridgehead atoms. The maximum atomic E-state index is 12.6. The first-order chi connectivity index (χ1) is 17.4. The highest BCUT2D eigenvalue weighted by Crippen LogP contribution is 2.68. The lowest BCUT2D eigenvalue weighted by molar-refractivity contribution is -0.223. The Morgan fingerprint density at radius 3 is 2.30 bits per heavy atom. The number of nitrogens with one attached hydrogen (secondary N) is 1. The van der Waals surface area contributed by atoms with E-state index in [9.17, 15) is 30.0 Å². The van der Waals surface area contributed by atoms with Crippen LogP contribution in [0.4, 0.5) is 0 Å². The van der Waals surface area contributed by atoms with E-state index in [2.05, 4.69) is 26.1 Å². The van der Waals surface area contributed by atoms with Crippen LogP contribution in [0.5, 0.6) is 0 Å². The number of nitrogens with two attached hydrogens (primary N) is 1. The molecule has 4 saturated carbocycles. The van der Waals surface area contributed by atoms with Crippen LogP contribution in [-0.2, 0) is 9.59 Å². The largest absolute Gasteiger partial charge is 0.480 e. The third-order valence-corrected chi connectivity index (χ3v) is 11.6. The van der Waals surface area contributed by atoms with Crippen molar-refractivity contribution in [3.05, 3.63) is 0 Å². The molecule has 1 amide bonds. The Hall–Kier alpha value is -1.22. The minimum Gasteiger partial charge on any atom is -0.480 e. The molecule has 0 spiro atoms. The van der Waals surface area contributed by atoms with Crippen molar-refractivity contribution >= 4 is 11.9 Å². The van der Waals surface area contributed by atoms with E-state index in [1.807, 2.05) is 0 Å². The first-order valence-electron chi connectivity index (χ1n) is 14.7. The van der Waals surface area contributed by atoms with Crippen molar-refractivity contribution in [2.45, 2.75) is 116 Å². The number of fused-ring (bicyclic) bond motifs is 5. The summed E-state index contributed by atoms with van der Waals surface area (Å²) in [5.41, 5.74) is 5.51. The summed E-state index contributed by atoms with van der Waals surface area (Å²) in [5, 5.41) is 45.0. The Morgan fingerprint density at radius 1 is 0.946 bits per heavy atom. The minimum atomic E-state index is -1.02. The van der Waals surface area contributed by atoms with Crippen molar-refractivity contribution in [1.82, 2.24) is 5.32 Å². The van der Waals surface area contributed by atoms with Crippen LogP contribution in [0.3, 0.4) is 0 Å². The van der Waals surface area contributed by atoms with Gasteiger partial charge in [0.25, 0.3) is 0 Å². The maximum Gasteiger partial charge on any atom is 0.326 e. The fourth-order valence-corrected chi connectivity index (χ4v) is 9.62. The molecule has 0 unspecified atom stereocenters. The predicted molar refractivity (Wildman–Crippen MR) is 140 cm³/mol. The molecule has 0 heterocycles. The first kappa shape index (κ1) is 28.8. The summed E-state index contributed by atoms with van der Waals surface area (Å²) in [6, 6.07) is -0.889. The van der Waals surface area contributed by atoms with Gasteiger partial charge in [0.2, 0.25) is 5.91 Å². The van der Waals surface area contributed by atoms with Crippen molar-refractivity contribution in [3.8, 4) is 0 Å². The topological polar surface area (TPSA) is 153 Å². The van der Waals surface area contributed by atoms with Gasteiger partial charge in [-0.3, -0.25) is 4.79 Å². The Labute approximate surface area is 221 Å². The van der Waals surface area contributed by atoms with Crippen molar-refractivity contribution in [2.75, 3.05) is 6.54 Å². The molecular weight excluding hydrogens is 472 g/mol. The van der Waals surface area contributed by atoms with Gasteiger partial charge in [-0.2, -0.15) is 0 Å². The molecule has 0 aromatic rings. The molecule has 4 aliphatic carbocycles. The lowest BCUT2D eigenvalue weighted by atomic mass is 9.43. The number of carbonyl (C=O) groups excluding carboxylic acids is 1. The van der Waals surface area contributed by atoms with Gasteiger partial charge in [-0.25, -0.2) is 4.79 Å². The minimum absolute atomic E-state index is 0.0454. The van der Waals surface area contributed by atoms with Crippen LogP contribution in [0.15, 0.2) is 0 Å². The summed E-state index contributed by atoms with van der Waals surface area (Å²) in [5.74, 6) is 0.233. The number of amides is 1. The lowest BCUT2D eigenvalue weighted by Crippen LogP contribution is -2.64. The van der Waals surface area contributed by atoms with Gasteiger partial charge in [0.15, 0.2) is 0 Å². The molecule has 4 fully saturated rings. The number of carboxylic acids is 1. The highest BCUT2D eigenvalue weighted by atomic mass is 16.4. The molecule has 8 nitrogen and oxygen atoms in total. The van der Waals surface area contributed by atoms with Crippen LogP contribution in [-0.4, -0.2) is 63.2 Å². The van der Waals surface area contributed by atoms with Gasteiger partial charge in [0.05, 0.1) is 18.3 Å². The van der Waals surface area contributed by atoms with Crippen LogP contribution >= 0.6 is 0 Å². The van der Waals surface area contributed by atoms with Crippen molar-refractivity contribution in [3.63, 3.8) is 0 Å². The number of carbonyl (C=O) groups is 2. The van der Waals surface area contributed by atoms with Crippen LogP contribution in [0.2, 0.25) is 0 Å². The normalized spacial score (nSPS) is 44.7. The maximum absolute atomic E-state index is 12.6. The number of aliphatic hydroxyl groups excluding tert-OH is 3. The average Bonchev–Trinajstić information content (AvgIpc) is 3.21. The average molecular weight is 523 g/mol. The molecule has 0 aromatic heterocycles. The molecule has 212 valence electrons. The molecule has 12 atom stereocenters. The van der Waals surface area contributed by atoms with Gasteiger partial charge in [0.1, 0.15) is 6.04 Å².